The van der Waals surface area contributed by atoms with Crippen molar-refractivity contribution in [3.8, 4) is 0 Å². The van der Waals surface area contributed by atoms with E-state index in [9.17, 15) is 4.79 Å². The van der Waals surface area contributed by atoms with E-state index < -0.39 is 0 Å². The highest BCUT2D eigenvalue weighted by molar-refractivity contribution is 5.95. The van der Waals surface area contributed by atoms with Crippen LogP contribution in [-0.4, -0.2) is 26.5 Å². The number of amides is 1. The number of carbonyl (C=O) groups is 1. The standard InChI is InChI=1S/C16H15N5O/c1-11-5-7-21-14(8-11)19-12(2)15(21)16(22)20-18-10-13-4-3-6-17-9-13/h3-10H,1-2H3,(H,20,22). The van der Waals surface area contributed by atoms with Crippen LogP contribution in [0, 0.1) is 13.8 Å². The van der Waals surface area contributed by atoms with Crippen LogP contribution in [0.15, 0.2) is 48.0 Å². The fraction of sp³-hybridized carbons (Fsp3) is 0.125. The molecule has 0 fully saturated rings. The molecule has 0 saturated heterocycles. The first kappa shape index (κ1) is 13.9. The number of nitrogens with one attached hydrogen (secondary N) is 1. The van der Waals surface area contributed by atoms with E-state index in [4.69, 9.17) is 0 Å². The number of aromatic nitrogens is 3. The van der Waals surface area contributed by atoms with Gasteiger partial charge < -0.3 is 0 Å². The fourth-order valence-electron chi connectivity index (χ4n) is 2.21. The van der Waals surface area contributed by atoms with Crippen LogP contribution in [0.2, 0.25) is 0 Å². The molecule has 3 aromatic heterocycles. The number of hydrogen-bond donors (Lipinski definition) is 1. The molecule has 0 aliphatic carbocycles. The van der Waals surface area contributed by atoms with E-state index in [0.717, 1.165) is 16.8 Å². The van der Waals surface area contributed by atoms with Gasteiger partial charge in [-0.1, -0.05) is 6.07 Å². The molecule has 0 aromatic carbocycles. The van der Waals surface area contributed by atoms with Gasteiger partial charge in [0.2, 0.25) is 0 Å². The summed E-state index contributed by atoms with van der Waals surface area (Å²) < 4.78 is 1.76. The fourth-order valence-corrected chi connectivity index (χ4v) is 2.21. The third-order valence-corrected chi connectivity index (χ3v) is 3.24. The van der Waals surface area contributed by atoms with Crippen molar-refractivity contribution in [3.63, 3.8) is 0 Å². The van der Waals surface area contributed by atoms with E-state index in [2.05, 4.69) is 20.5 Å². The average molecular weight is 293 g/mol. The topological polar surface area (TPSA) is 71.7 Å². The first-order chi connectivity index (χ1) is 10.6. The van der Waals surface area contributed by atoms with Gasteiger partial charge in [0.15, 0.2) is 0 Å². The van der Waals surface area contributed by atoms with Crippen LogP contribution in [0.25, 0.3) is 5.65 Å². The predicted octanol–water partition coefficient (Wildman–Crippen LogP) is 2.11. The van der Waals surface area contributed by atoms with Gasteiger partial charge in [-0.3, -0.25) is 14.2 Å². The molecule has 0 unspecified atom stereocenters. The van der Waals surface area contributed by atoms with Crippen molar-refractivity contribution in [1.29, 1.82) is 0 Å². The molecule has 22 heavy (non-hydrogen) atoms. The molecule has 0 aliphatic rings. The second-order valence-electron chi connectivity index (χ2n) is 4.96. The molecule has 0 bridgehead atoms. The number of fused-ring (bicyclic) bond motifs is 1. The number of nitrogens with zero attached hydrogens (tertiary/aromatic N) is 4. The summed E-state index contributed by atoms with van der Waals surface area (Å²) in [6.07, 6.45) is 6.73. The lowest BCUT2D eigenvalue weighted by Gasteiger charge is -2.02. The van der Waals surface area contributed by atoms with Crippen molar-refractivity contribution < 1.29 is 4.79 Å². The summed E-state index contributed by atoms with van der Waals surface area (Å²) in [5.74, 6) is -0.297. The molecule has 3 heterocycles. The average Bonchev–Trinajstić information content (AvgIpc) is 2.83. The number of hydrazone groups is 1. The van der Waals surface area contributed by atoms with Gasteiger partial charge in [-0.2, -0.15) is 5.10 Å². The van der Waals surface area contributed by atoms with Crippen LogP contribution in [0.5, 0.6) is 0 Å². The van der Waals surface area contributed by atoms with E-state index in [1.54, 1.807) is 29.1 Å². The maximum absolute atomic E-state index is 12.3. The number of imidazole rings is 1. The van der Waals surface area contributed by atoms with Crippen LogP contribution in [0.3, 0.4) is 0 Å². The van der Waals surface area contributed by atoms with Gasteiger partial charge >= 0.3 is 0 Å². The summed E-state index contributed by atoms with van der Waals surface area (Å²) in [4.78, 5) is 20.7. The quantitative estimate of drug-likeness (QED) is 0.594. The Balaban J connectivity index is 1.83. The van der Waals surface area contributed by atoms with Crippen molar-refractivity contribution in [2.75, 3.05) is 0 Å². The van der Waals surface area contributed by atoms with Gasteiger partial charge in [0.05, 0.1) is 11.9 Å². The van der Waals surface area contributed by atoms with Gasteiger partial charge in [-0.15, -0.1) is 0 Å². The highest BCUT2D eigenvalue weighted by Crippen LogP contribution is 2.13. The van der Waals surface area contributed by atoms with Gasteiger partial charge in [-0.25, -0.2) is 10.4 Å². The number of pyridine rings is 2. The van der Waals surface area contributed by atoms with E-state index in [1.807, 2.05) is 38.2 Å². The molecule has 0 aliphatic heterocycles. The molecule has 3 rings (SSSR count). The Morgan fingerprint density at radius 2 is 2.23 bits per heavy atom. The lowest BCUT2D eigenvalue weighted by atomic mass is 10.3. The van der Waals surface area contributed by atoms with Crippen LogP contribution < -0.4 is 5.43 Å². The Labute approximate surface area is 127 Å². The van der Waals surface area contributed by atoms with Crippen LogP contribution >= 0.6 is 0 Å². The maximum atomic E-state index is 12.3. The van der Waals surface area contributed by atoms with Gasteiger partial charge in [-0.05, 0) is 37.6 Å². The van der Waals surface area contributed by atoms with Crippen molar-refractivity contribution in [2.45, 2.75) is 13.8 Å². The van der Waals surface area contributed by atoms with E-state index in [-0.39, 0.29) is 5.91 Å². The minimum atomic E-state index is -0.297. The first-order valence-corrected chi connectivity index (χ1v) is 6.84. The lowest BCUT2D eigenvalue weighted by Crippen LogP contribution is -2.20. The Bertz CT molecular complexity index is 852. The monoisotopic (exact) mass is 293 g/mol. The highest BCUT2D eigenvalue weighted by Gasteiger charge is 2.15. The van der Waals surface area contributed by atoms with Crippen molar-refractivity contribution in [3.05, 3.63) is 65.4 Å². The molecule has 110 valence electrons. The summed E-state index contributed by atoms with van der Waals surface area (Å²) in [7, 11) is 0. The van der Waals surface area contributed by atoms with Gasteiger partial charge in [0.25, 0.3) is 5.91 Å². The first-order valence-electron chi connectivity index (χ1n) is 6.84. The van der Waals surface area contributed by atoms with Crippen molar-refractivity contribution in [1.82, 2.24) is 19.8 Å². The zero-order valence-electron chi connectivity index (χ0n) is 12.3. The van der Waals surface area contributed by atoms with Crippen molar-refractivity contribution >= 4 is 17.8 Å². The maximum Gasteiger partial charge on any atom is 0.290 e. The number of aryl methyl sites for hydroxylation is 2. The molecular formula is C16H15N5O. The number of carbonyl (C=O) groups excluding carboxylic acids is 1. The summed E-state index contributed by atoms with van der Waals surface area (Å²) >= 11 is 0. The predicted molar refractivity (Wildman–Crippen MR) is 84.0 cm³/mol. The molecule has 0 atom stereocenters. The second-order valence-corrected chi connectivity index (χ2v) is 4.96. The Morgan fingerprint density at radius 3 is 3.00 bits per heavy atom. The number of hydrogen-bond acceptors (Lipinski definition) is 4. The molecule has 1 amide bonds. The molecular weight excluding hydrogens is 278 g/mol. The molecule has 6 nitrogen and oxygen atoms in total. The molecule has 0 spiro atoms. The van der Waals surface area contributed by atoms with Crippen LogP contribution in [-0.2, 0) is 0 Å². The van der Waals surface area contributed by atoms with E-state index in [0.29, 0.717) is 11.4 Å². The van der Waals surface area contributed by atoms with Gasteiger partial charge in [0, 0.05) is 24.2 Å². The van der Waals surface area contributed by atoms with Crippen LogP contribution in [0.1, 0.15) is 27.3 Å². The smallest absolute Gasteiger partial charge is 0.290 e. The normalized spacial score (nSPS) is 11.2. The SMILES string of the molecule is Cc1ccn2c(C(=O)NN=Cc3cccnc3)c(C)nc2c1. The lowest BCUT2D eigenvalue weighted by molar-refractivity contribution is 0.0948. The Hall–Kier alpha value is -3.02. The summed E-state index contributed by atoms with van der Waals surface area (Å²) in [6, 6.07) is 7.53. The zero-order valence-corrected chi connectivity index (χ0v) is 12.3. The van der Waals surface area contributed by atoms with Crippen LogP contribution in [0.4, 0.5) is 0 Å². The molecule has 0 saturated carbocycles. The molecule has 6 heteroatoms. The molecule has 1 N–H and O–H groups in total. The Morgan fingerprint density at radius 1 is 1.36 bits per heavy atom. The highest BCUT2D eigenvalue weighted by atomic mass is 16.2. The second kappa shape index (κ2) is 5.77. The van der Waals surface area contributed by atoms with Gasteiger partial charge in [0.1, 0.15) is 11.3 Å². The summed E-state index contributed by atoms with van der Waals surface area (Å²) in [5.41, 5.74) is 6.33. The number of rotatable bonds is 3. The third-order valence-electron chi connectivity index (χ3n) is 3.24. The minimum absolute atomic E-state index is 0.297. The third kappa shape index (κ3) is 2.71. The Kier molecular flexibility index (Phi) is 3.65. The molecule has 0 radical (unpaired) electrons. The zero-order chi connectivity index (χ0) is 15.5. The largest absolute Gasteiger partial charge is 0.295 e. The minimum Gasteiger partial charge on any atom is -0.295 e. The van der Waals surface area contributed by atoms with E-state index in [1.165, 1.54) is 0 Å². The van der Waals surface area contributed by atoms with Crippen molar-refractivity contribution in [2.24, 2.45) is 5.10 Å². The molecule has 3 aromatic rings. The summed E-state index contributed by atoms with van der Waals surface area (Å²) in [6.45, 7) is 3.80. The van der Waals surface area contributed by atoms with E-state index >= 15 is 0 Å². The summed E-state index contributed by atoms with van der Waals surface area (Å²) in [5, 5.41) is 3.96.